The van der Waals surface area contributed by atoms with E-state index >= 15 is 0 Å². The molecule has 0 bridgehead atoms. The first kappa shape index (κ1) is 15.6. The fourth-order valence-electron chi connectivity index (χ4n) is 2.22. The van der Waals surface area contributed by atoms with Gasteiger partial charge in [-0.25, -0.2) is 9.97 Å². The zero-order chi connectivity index (χ0) is 16.1. The van der Waals surface area contributed by atoms with Crippen molar-refractivity contribution in [1.29, 1.82) is 0 Å². The van der Waals surface area contributed by atoms with Gasteiger partial charge in [0.15, 0.2) is 0 Å². The van der Waals surface area contributed by atoms with E-state index in [9.17, 15) is 4.79 Å². The summed E-state index contributed by atoms with van der Waals surface area (Å²) < 4.78 is 0. The highest BCUT2D eigenvalue weighted by Gasteiger charge is 2.12. The smallest absolute Gasteiger partial charge is 0.230 e. The lowest BCUT2D eigenvalue weighted by Gasteiger charge is -2.06. The molecule has 0 saturated carbocycles. The van der Waals surface area contributed by atoms with E-state index in [1.54, 1.807) is 6.20 Å². The van der Waals surface area contributed by atoms with Gasteiger partial charge in [0.05, 0.1) is 16.8 Å². The van der Waals surface area contributed by atoms with E-state index < -0.39 is 0 Å². The fraction of sp³-hybridized carbons (Fsp3) is 0.235. The molecular formula is C17H18N4OS. The first-order valence-corrected chi connectivity index (χ1v) is 8.56. The third-order valence-corrected chi connectivity index (χ3v) is 4.33. The van der Waals surface area contributed by atoms with Gasteiger partial charge in [0.1, 0.15) is 10.9 Å². The zero-order valence-corrected chi connectivity index (χ0v) is 13.7. The number of carbonyl (C=O) groups excluding carboxylic acids is 1. The Morgan fingerprint density at radius 1 is 1.26 bits per heavy atom. The van der Waals surface area contributed by atoms with E-state index in [0.29, 0.717) is 12.3 Å². The standard InChI is InChI=1S/C17H18N4OS/c1-2-9-18-15(22)11-23-17-12(6-5-10-19-17)16-20-13-7-3-4-8-14(13)21-16/h3-8,10H,2,9,11H2,1H3,(H,18,22)(H,20,21). The predicted molar refractivity (Wildman–Crippen MR) is 93.3 cm³/mol. The highest BCUT2D eigenvalue weighted by atomic mass is 32.2. The number of para-hydroxylation sites is 2. The minimum Gasteiger partial charge on any atom is -0.355 e. The first-order valence-electron chi connectivity index (χ1n) is 7.57. The van der Waals surface area contributed by atoms with Crippen molar-refractivity contribution in [2.45, 2.75) is 18.4 Å². The molecule has 1 amide bonds. The molecule has 6 heteroatoms. The molecule has 0 fully saturated rings. The molecule has 0 saturated heterocycles. The maximum atomic E-state index is 11.8. The maximum absolute atomic E-state index is 11.8. The zero-order valence-electron chi connectivity index (χ0n) is 12.9. The number of pyridine rings is 1. The van der Waals surface area contributed by atoms with Crippen LogP contribution in [0.2, 0.25) is 0 Å². The van der Waals surface area contributed by atoms with Crippen molar-refractivity contribution in [3.8, 4) is 11.4 Å². The molecular weight excluding hydrogens is 308 g/mol. The normalized spacial score (nSPS) is 10.8. The van der Waals surface area contributed by atoms with E-state index in [-0.39, 0.29) is 5.91 Å². The Kier molecular flexibility index (Phi) is 4.92. The van der Waals surface area contributed by atoms with Crippen molar-refractivity contribution < 1.29 is 4.79 Å². The fourth-order valence-corrected chi connectivity index (χ4v) is 3.04. The molecule has 2 N–H and O–H groups in total. The number of hydrogen-bond acceptors (Lipinski definition) is 4. The molecule has 0 spiro atoms. The highest BCUT2D eigenvalue weighted by molar-refractivity contribution is 8.00. The summed E-state index contributed by atoms with van der Waals surface area (Å²) in [5.41, 5.74) is 2.82. The van der Waals surface area contributed by atoms with Crippen LogP contribution >= 0.6 is 11.8 Å². The topological polar surface area (TPSA) is 70.7 Å². The van der Waals surface area contributed by atoms with Gasteiger partial charge in [0.25, 0.3) is 0 Å². The lowest BCUT2D eigenvalue weighted by molar-refractivity contribution is -0.118. The predicted octanol–water partition coefficient (Wildman–Crippen LogP) is 3.24. The average molecular weight is 326 g/mol. The number of hydrogen-bond donors (Lipinski definition) is 2. The number of nitrogens with one attached hydrogen (secondary N) is 2. The van der Waals surface area contributed by atoms with Crippen molar-refractivity contribution in [2.24, 2.45) is 0 Å². The van der Waals surface area contributed by atoms with Crippen LogP contribution in [0.4, 0.5) is 0 Å². The number of benzene rings is 1. The Labute approximate surface area is 138 Å². The van der Waals surface area contributed by atoms with E-state index in [1.807, 2.05) is 43.3 Å². The van der Waals surface area contributed by atoms with Crippen LogP contribution in [0.25, 0.3) is 22.4 Å². The van der Waals surface area contributed by atoms with Gasteiger partial charge in [0.2, 0.25) is 5.91 Å². The third-order valence-electron chi connectivity index (χ3n) is 3.33. The second-order valence-electron chi connectivity index (χ2n) is 5.10. The number of amides is 1. The number of aromatic amines is 1. The van der Waals surface area contributed by atoms with Crippen LogP contribution in [0, 0.1) is 0 Å². The summed E-state index contributed by atoms with van der Waals surface area (Å²) in [5, 5.41) is 3.68. The number of rotatable bonds is 6. The molecule has 0 unspecified atom stereocenters. The highest BCUT2D eigenvalue weighted by Crippen LogP contribution is 2.28. The number of carbonyl (C=O) groups is 1. The Hall–Kier alpha value is -2.34. The van der Waals surface area contributed by atoms with Crippen LogP contribution in [-0.4, -0.2) is 33.2 Å². The summed E-state index contributed by atoms with van der Waals surface area (Å²) in [6.45, 7) is 2.74. The first-order chi connectivity index (χ1) is 11.3. The number of imidazole rings is 1. The lowest BCUT2D eigenvalue weighted by Crippen LogP contribution is -2.25. The number of fused-ring (bicyclic) bond motifs is 1. The molecule has 0 atom stereocenters. The van der Waals surface area contributed by atoms with E-state index in [4.69, 9.17) is 0 Å². The van der Waals surface area contributed by atoms with Gasteiger partial charge < -0.3 is 10.3 Å². The van der Waals surface area contributed by atoms with Gasteiger partial charge in [-0.2, -0.15) is 0 Å². The molecule has 5 nitrogen and oxygen atoms in total. The summed E-state index contributed by atoms with van der Waals surface area (Å²) in [5.74, 6) is 1.15. The number of H-pyrrole nitrogens is 1. The largest absolute Gasteiger partial charge is 0.355 e. The minimum atomic E-state index is 0.0260. The molecule has 0 aliphatic carbocycles. The van der Waals surface area contributed by atoms with Crippen molar-refractivity contribution in [3.05, 3.63) is 42.6 Å². The quantitative estimate of drug-likeness (QED) is 0.682. The molecule has 118 valence electrons. The molecule has 1 aromatic carbocycles. The molecule has 2 heterocycles. The summed E-state index contributed by atoms with van der Waals surface area (Å²) in [6, 6.07) is 11.7. The lowest BCUT2D eigenvalue weighted by atomic mass is 10.3. The van der Waals surface area contributed by atoms with Crippen molar-refractivity contribution in [1.82, 2.24) is 20.3 Å². The number of thioether (sulfide) groups is 1. The Bertz CT molecular complexity index is 782. The Morgan fingerprint density at radius 3 is 2.96 bits per heavy atom. The number of nitrogens with zero attached hydrogens (tertiary/aromatic N) is 2. The summed E-state index contributed by atoms with van der Waals surface area (Å²) >= 11 is 1.43. The molecule has 3 aromatic rings. The number of aromatic nitrogens is 3. The van der Waals surface area contributed by atoms with Gasteiger partial charge in [-0.05, 0) is 30.7 Å². The van der Waals surface area contributed by atoms with Crippen LogP contribution in [0.1, 0.15) is 13.3 Å². The van der Waals surface area contributed by atoms with Gasteiger partial charge >= 0.3 is 0 Å². The van der Waals surface area contributed by atoms with Crippen molar-refractivity contribution in [2.75, 3.05) is 12.3 Å². The van der Waals surface area contributed by atoms with Crippen LogP contribution in [0.3, 0.4) is 0 Å². The molecule has 0 aliphatic rings. The van der Waals surface area contributed by atoms with E-state index in [0.717, 1.165) is 33.9 Å². The third kappa shape index (κ3) is 3.71. The van der Waals surface area contributed by atoms with E-state index in [1.165, 1.54) is 11.8 Å². The Morgan fingerprint density at radius 2 is 2.13 bits per heavy atom. The van der Waals surface area contributed by atoms with Crippen LogP contribution in [0.15, 0.2) is 47.6 Å². The van der Waals surface area contributed by atoms with Crippen LogP contribution in [0.5, 0.6) is 0 Å². The maximum Gasteiger partial charge on any atom is 0.230 e. The van der Waals surface area contributed by atoms with Gasteiger partial charge in [0, 0.05) is 18.3 Å². The van der Waals surface area contributed by atoms with Crippen molar-refractivity contribution in [3.63, 3.8) is 0 Å². The average Bonchev–Trinajstić information content (AvgIpc) is 3.02. The molecule has 3 rings (SSSR count). The van der Waals surface area contributed by atoms with Crippen LogP contribution < -0.4 is 5.32 Å². The molecule has 0 aliphatic heterocycles. The second kappa shape index (κ2) is 7.28. The molecule has 23 heavy (non-hydrogen) atoms. The van der Waals surface area contributed by atoms with Crippen LogP contribution in [-0.2, 0) is 4.79 Å². The Balaban J connectivity index is 1.81. The summed E-state index contributed by atoms with van der Waals surface area (Å²) in [6.07, 6.45) is 2.67. The monoisotopic (exact) mass is 326 g/mol. The van der Waals surface area contributed by atoms with Crippen molar-refractivity contribution >= 4 is 28.7 Å². The minimum absolute atomic E-state index is 0.0260. The summed E-state index contributed by atoms with van der Waals surface area (Å²) in [7, 11) is 0. The molecule has 0 radical (unpaired) electrons. The van der Waals surface area contributed by atoms with Gasteiger partial charge in [-0.1, -0.05) is 30.8 Å². The SMILES string of the molecule is CCCNC(=O)CSc1ncccc1-c1nc2ccccc2[nH]1. The second-order valence-corrected chi connectivity index (χ2v) is 6.06. The molecule has 2 aromatic heterocycles. The summed E-state index contributed by atoms with van der Waals surface area (Å²) in [4.78, 5) is 24.1. The van der Waals surface area contributed by atoms with Gasteiger partial charge in [-0.3, -0.25) is 4.79 Å². The van der Waals surface area contributed by atoms with E-state index in [2.05, 4.69) is 20.3 Å². The van der Waals surface area contributed by atoms with Gasteiger partial charge in [-0.15, -0.1) is 0 Å².